The first-order valence-electron chi connectivity index (χ1n) is 11.2. The summed E-state index contributed by atoms with van der Waals surface area (Å²) in [6, 6.07) is 3.63. The number of amides is 1. The molecular formula is C23H32BCl2NO6. The summed E-state index contributed by atoms with van der Waals surface area (Å²) >= 11 is 12.1. The van der Waals surface area contributed by atoms with Crippen LogP contribution in [0.1, 0.15) is 63.2 Å². The molecule has 0 aliphatic carbocycles. The van der Waals surface area contributed by atoms with E-state index >= 15 is 0 Å². The first kappa shape index (κ1) is 27.6. The van der Waals surface area contributed by atoms with Crippen molar-refractivity contribution in [3.63, 3.8) is 0 Å². The average Bonchev–Trinajstić information content (AvgIpc) is 2.72. The highest BCUT2D eigenvalue weighted by atomic mass is 35.5. The van der Waals surface area contributed by atoms with Crippen LogP contribution in [-0.4, -0.2) is 50.6 Å². The second-order valence-corrected chi connectivity index (χ2v) is 9.71. The van der Waals surface area contributed by atoms with Gasteiger partial charge in [-0.2, -0.15) is 0 Å². The second-order valence-electron chi connectivity index (χ2n) is 8.86. The second kappa shape index (κ2) is 13.3. The number of hydrogen-bond acceptors (Lipinski definition) is 6. The maximum atomic E-state index is 13.3. The Morgan fingerprint density at radius 3 is 2.70 bits per heavy atom. The van der Waals surface area contributed by atoms with Gasteiger partial charge in [0.25, 0.3) is 11.9 Å². The van der Waals surface area contributed by atoms with Crippen LogP contribution in [0.3, 0.4) is 0 Å². The lowest BCUT2D eigenvalue weighted by Crippen LogP contribution is -2.46. The number of nitrogens with one attached hydrogen (secondary N) is 1. The van der Waals surface area contributed by atoms with Crippen molar-refractivity contribution in [3.8, 4) is 0 Å². The van der Waals surface area contributed by atoms with Gasteiger partial charge in [0.15, 0.2) is 5.78 Å². The van der Waals surface area contributed by atoms with Crippen LogP contribution in [0.4, 0.5) is 0 Å². The zero-order valence-corrected chi connectivity index (χ0v) is 21.1. The SMILES string of the molecule is COC[C@H](NC(=O)c1cc(Cl)ccc1Cl)C(=O)C[C@@H](CC(C)C)B1OC(=O)CCCC(C)O1. The third-order valence-electron chi connectivity index (χ3n) is 5.43. The van der Waals surface area contributed by atoms with E-state index in [2.05, 4.69) is 5.32 Å². The van der Waals surface area contributed by atoms with E-state index in [0.717, 1.165) is 6.42 Å². The molecule has 1 heterocycles. The maximum absolute atomic E-state index is 13.3. The predicted octanol–water partition coefficient (Wildman–Crippen LogP) is 4.73. The van der Waals surface area contributed by atoms with Crippen LogP contribution < -0.4 is 5.32 Å². The molecule has 3 atom stereocenters. The Hall–Kier alpha value is -1.61. The molecule has 0 spiro atoms. The van der Waals surface area contributed by atoms with Gasteiger partial charge in [-0.05, 0) is 50.3 Å². The zero-order valence-electron chi connectivity index (χ0n) is 19.6. The minimum atomic E-state index is -0.908. The standard InChI is InChI=1S/C23H32BCl2NO6/c1-14(2)10-16(24-32-15(3)6-5-7-22(29)33-24)11-21(28)20(13-31-4)27-23(30)18-12-17(25)8-9-19(18)26/h8-9,12,14-16,20H,5-7,10-11,13H2,1-4H3,(H,27,30)/t15?,16-,20+/m1/s1. The smallest absolute Gasteiger partial charge is 0.509 e. The van der Waals surface area contributed by atoms with Crippen LogP contribution >= 0.6 is 23.2 Å². The molecule has 1 fully saturated rings. The molecule has 1 aromatic rings. The quantitative estimate of drug-likeness (QED) is 0.467. The molecule has 2 rings (SSSR count). The first-order chi connectivity index (χ1) is 15.6. The van der Waals surface area contributed by atoms with Gasteiger partial charge in [-0.25, -0.2) is 0 Å². The van der Waals surface area contributed by atoms with Crippen molar-refractivity contribution in [2.75, 3.05) is 13.7 Å². The molecule has 10 heteroatoms. The first-order valence-corrected chi connectivity index (χ1v) is 12.0. The van der Waals surface area contributed by atoms with E-state index in [-0.39, 0.29) is 53.2 Å². The molecule has 182 valence electrons. The van der Waals surface area contributed by atoms with E-state index in [1.165, 1.54) is 19.2 Å². The number of carbonyl (C=O) groups is 3. The lowest BCUT2D eigenvalue weighted by Gasteiger charge is -2.29. The minimum Gasteiger partial charge on any atom is -0.509 e. The van der Waals surface area contributed by atoms with E-state index in [1.807, 2.05) is 20.8 Å². The summed E-state index contributed by atoms with van der Waals surface area (Å²) < 4.78 is 16.8. The topological polar surface area (TPSA) is 90.9 Å². The fourth-order valence-corrected chi connectivity index (χ4v) is 4.22. The molecule has 1 aliphatic rings. The number of Topliss-reactive ketones (excluding diaryl/α,β-unsaturated/α-hetero) is 1. The van der Waals surface area contributed by atoms with Crippen molar-refractivity contribution in [2.24, 2.45) is 5.92 Å². The van der Waals surface area contributed by atoms with Crippen molar-refractivity contribution < 1.29 is 28.4 Å². The Bertz CT molecular complexity index is 837. The van der Waals surface area contributed by atoms with Crippen LogP contribution in [0.15, 0.2) is 18.2 Å². The van der Waals surface area contributed by atoms with E-state index < -0.39 is 19.1 Å². The van der Waals surface area contributed by atoms with E-state index in [9.17, 15) is 14.4 Å². The summed E-state index contributed by atoms with van der Waals surface area (Å²) in [4.78, 5) is 38.2. The van der Waals surface area contributed by atoms with Crippen LogP contribution in [0, 0.1) is 5.92 Å². The maximum Gasteiger partial charge on any atom is 0.531 e. The van der Waals surface area contributed by atoms with Crippen molar-refractivity contribution in [1.82, 2.24) is 5.32 Å². The molecule has 33 heavy (non-hydrogen) atoms. The molecule has 0 bridgehead atoms. The van der Waals surface area contributed by atoms with E-state index in [4.69, 9.17) is 37.2 Å². The predicted molar refractivity (Wildman–Crippen MR) is 129 cm³/mol. The van der Waals surface area contributed by atoms with Gasteiger partial charge in [-0.15, -0.1) is 0 Å². The van der Waals surface area contributed by atoms with Crippen LogP contribution in [-0.2, 0) is 23.6 Å². The highest BCUT2D eigenvalue weighted by molar-refractivity contribution is 6.49. The van der Waals surface area contributed by atoms with Crippen LogP contribution in [0.2, 0.25) is 15.9 Å². The Labute approximate surface area is 206 Å². The number of carbonyl (C=O) groups excluding carboxylic acids is 3. The largest absolute Gasteiger partial charge is 0.531 e. The van der Waals surface area contributed by atoms with Gasteiger partial charge >= 0.3 is 7.12 Å². The normalized spacial score (nSPS) is 18.8. The number of methoxy groups -OCH3 is 1. The molecule has 1 aromatic carbocycles. The van der Waals surface area contributed by atoms with Crippen molar-refractivity contribution >= 4 is 48.0 Å². The third-order valence-corrected chi connectivity index (χ3v) is 5.99. The molecule has 1 saturated heterocycles. The Balaban J connectivity index is 2.18. The molecule has 0 aromatic heterocycles. The number of ether oxygens (including phenoxy) is 1. The van der Waals surface area contributed by atoms with Crippen molar-refractivity contribution in [3.05, 3.63) is 33.8 Å². The fraction of sp³-hybridized carbons (Fsp3) is 0.609. The molecule has 1 unspecified atom stereocenters. The van der Waals surface area contributed by atoms with Crippen molar-refractivity contribution in [1.29, 1.82) is 0 Å². The molecule has 7 nitrogen and oxygen atoms in total. The zero-order chi connectivity index (χ0) is 24.5. The Kier molecular flexibility index (Phi) is 11.2. The van der Waals surface area contributed by atoms with Crippen LogP contribution in [0.5, 0.6) is 0 Å². The number of rotatable bonds is 10. The molecule has 0 saturated carbocycles. The monoisotopic (exact) mass is 499 g/mol. The summed E-state index contributed by atoms with van der Waals surface area (Å²) in [5.74, 6) is -1.21. The third kappa shape index (κ3) is 8.93. The van der Waals surface area contributed by atoms with Gasteiger partial charge in [0.05, 0.1) is 17.2 Å². The van der Waals surface area contributed by atoms with Crippen molar-refractivity contribution in [2.45, 2.75) is 70.8 Å². The number of ketones is 1. The fourth-order valence-electron chi connectivity index (χ4n) is 3.84. The average molecular weight is 500 g/mol. The van der Waals surface area contributed by atoms with Gasteiger partial charge in [-0.1, -0.05) is 37.0 Å². The summed E-state index contributed by atoms with van der Waals surface area (Å²) in [5.41, 5.74) is 0.169. The van der Waals surface area contributed by atoms with Gasteiger partial charge in [0, 0.05) is 36.9 Å². The number of halogens is 2. The summed E-state index contributed by atoms with van der Waals surface area (Å²) in [6.45, 7) is 5.98. The summed E-state index contributed by atoms with van der Waals surface area (Å²) in [7, 11) is 0.631. The Morgan fingerprint density at radius 1 is 1.30 bits per heavy atom. The molecule has 1 amide bonds. The lowest BCUT2D eigenvalue weighted by atomic mass is 9.64. The minimum absolute atomic E-state index is 0.0150. The molecule has 1 N–H and O–H groups in total. The number of benzene rings is 1. The lowest BCUT2D eigenvalue weighted by molar-refractivity contribution is -0.138. The highest BCUT2D eigenvalue weighted by Crippen LogP contribution is 2.30. The summed E-state index contributed by atoms with van der Waals surface area (Å²) in [5, 5.41) is 3.28. The Morgan fingerprint density at radius 2 is 2.03 bits per heavy atom. The highest BCUT2D eigenvalue weighted by Gasteiger charge is 2.39. The molecule has 0 radical (unpaired) electrons. The van der Waals surface area contributed by atoms with E-state index in [1.54, 1.807) is 6.07 Å². The van der Waals surface area contributed by atoms with Gasteiger partial charge in [0.2, 0.25) is 0 Å². The van der Waals surface area contributed by atoms with E-state index in [0.29, 0.717) is 24.3 Å². The van der Waals surface area contributed by atoms with Gasteiger partial charge in [-0.3, -0.25) is 14.4 Å². The van der Waals surface area contributed by atoms with Gasteiger partial charge in [0.1, 0.15) is 6.04 Å². The van der Waals surface area contributed by atoms with Crippen LogP contribution in [0.25, 0.3) is 0 Å². The van der Waals surface area contributed by atoms with Gasteiger partial charge < -0.3 is 19.4 Å². The molecule has 1 aliphatic heterocycles. The molecular weight excluding hydrogens is 468 g/mol. The number of hydrogen-bond donors (Lipinski definition) is 1. The summed E-state index contributed by atoms with van der Waals surface area (Å²) in [6.07, 6.45) is 2.36.